The van der Waals surface area contributed by atoms with Crippen LogP contribution in [0.2, 0.25) is 0 Å². The third-order valence-electron chi connectivity index (χ3n) is 3.33. The molecule has 6 heteroatoms. The zero-order chi connectivity index (χ0) is 15.7. The van der Waals surface area contributed by atoms with E-state index in [-0.39, 0.29) is 11.3 Å². The normalized spacial score (nSPS) is 11.4. The fourth-order valence-corrected chi connectivity index (χ4v) is 2.64. The number of carbonyl (C=O) groups excluding carboxylic acids is 1. The molecule has 0 aliphatic rings. The van der Waals surface area contributed by atoms with E-state index >= 15 is 0 Å². The third-order valence-corrected chi connectivity index (χ3v) is 4.21. The Balaban J connectivity index is 2.40. The minimum atomic E-state index is -0.124. The molecule has 5 nitrogen and oxygen atoms in total. The highest BCUT2D eigenvalue weighted by atomic mass is 32.1. The van der Waals surface area contributed by atoms with Gasteiger partial charge in [0.15, 0.2) is 0 Å². The fraction of sp³-hybridized carbons (Fsp3) is 0.800. The Hall–Kier alpha value is -1.17. The predicted molar refractivity (Wildman–Crippen MR) is 88.9 cm³/mol. The Bertz CT molecular complexity index is 431. The summed E-state index contributed by atoms with van der Waals surface area (Å²) >= 11 is 1.31. The van der Waals surface area contributed by atoms with E-state index in [1.54, 1.807) is 0 Å². The zero-order valence-corrected chi connectivity index (χ0v) is 14.5. The summed E-state index contributed by atoms with van der Waals surface area (Å²) in [6, 6.07) is 0. The monoisotopic (exact) mass is 312 g/mol. The van der Waals surface area contributed by atoms with Gasteiger partial charge in [0.1, 0.15) is 0 Å². The van der Waals surface area contributed by atoms with Gasteiger partial charge in [-0.05, 0) is 18.3 Å². The maximum absolute atomic E-state index is 12.1. The van der Waals surface area contributed by atoms with Crippen molar-refractivity contribution in [3.8, 4) is 0 Å². The number of amides is 1. The van der Waals surface area contributed by atoms with Crippen molar-refractivity contribution >= 4 is 22.4 Å². The topological polar surface area (TPSA) is 66.9 Å². The number of hydrogen-bond acceptors (Lipinski definition) is 5. The number of unbranched alkanes of at least 4 members (excludes halogenated alkanes) is 2. The average Bonchev–Trinajstić information content (AvgIpc) is 2.91. The van der Waals surface area contributed by atoms with Crippen LogP contribution in [0.25, 0.3) is 0 Å². The molecule has 0 aliphatic carbocycles. The highest BCUT2D eigenvalue weighted by molar-refractivity contribution is 7.17. The highest BCUT2D eigenvalue weighted by Crippen LogP contribution is 2.23. The van der Waals surface area contributed by atoms with Gasteiger partial charge in [0.05, 0.1) is 0 Å². The van der Waals surface area contributed by atoms with E-state index in [4.69, 9.17) is 0 Å². The number of carbonyl (C=O) groups is 1. The summed E-state index contributed by atoms with van der Waals surface area (Å²) in [5, 5.41) is 15.2. The van der Waals surface area contributed by atoms with E-state index < -0.39 is 0 Å². The van der Waals surface area contributed by atoms with Gasteiger partial charge in [-0.3, -0.25) is 4.79 Å². The van der Waals surface area contributed by atoms with Crippen LogP contribution in [0, 0.1) is 5.41 Å². The molecule has 0 radical (unpaired) electrons. The first-order valence-electron chi connectivity index (χ1n) is 7.84. The number of hydrogen-bond donors (Lipinski definition) is 2. The van der Waals surface area contributed by atoms with Crippen molar-refractivity contribution < 1.29 is 4.79 Å². The van der Waals surface area contributed by atoms with Crippen molar-refractivity contribution in [3.05, 3.63) is 5.01 Å². The Labute approximate surface area is 131 Å². The van der Waals surface area contributed by atoms with E-state index in [0.29, 0.717) is 16.7 Å². The molecule has 0 unspecified atom stereocenters. The SMILES string of the molecule is CCCCCC(C)(C)CNC(=O)c1nnc(NCCC)s1. The van der Waals surface area contributed by atoms with Crippen molar-refractivity contribution in [1.82, 2.24) is 15.5 Å². The molecule has 0 saturated carbocycles. The molecule has 0 spiro atoms. The molecule has 0 atom stereocenters. The lowest BCUT2D eigenvalue weighted by atomic mass is 9.87. The fourth-order valence-electron chi connectivity index (χ4n) is 1.96. The minimum absolute atomic E-state index is 0.124. The summed E-state index contributed by atoms with van der Waals surface area (Å²) in [6.07, 6.45) is 5.83. The van der Waals surface area contributed by atoms with Crippen LogP contribution >= 0.6 is 11.3 Å². The van der Waals surface area contributed by atoms with Crippen LogP contribution in [0.4, 0.5) is 5.13 Å². The van der Waals surface area contributed by atoms with Gasteiger partial charge in [-0.25, -0.2) is 0 Å². The van der Waals surface area contributed by atoms with Crippen LogP contribution in [0.5, 0.6) is 0 Å². The van der Waals surface area contributed by atoms with Crippen LogP contribution in [-0.4, -0.2) is 29.2 Å². The largest absolute Gasteiger partial charge is 0.360 e. The van der Waals surface area contributed by atoms with E-state index in [0.717, 1.165) is 19.4 Å². The van der Waals surface area contributed by atoms with Crippen molar-refractivity contribution in [2.45, 2.75) is 59.8 Å². The van der Waals surface area contributed by atoms with Crippen LogP contribution in [0.15, 0.2) is 0 Å². The van der Waals surface area contributed by atoms with Gasteiger partial charge in [0.2, 0.25) is 10.1 Å². The van der Waals surface area contributed by atoms with Crippen LogP contribution in [0.1, 0.15) is 69.6 Å². The van der Waals surface area contributed by atoms with Gasteiger partial charge in [-0.2, -0.15) is 0 Å². The molecular weight excluding hydrogens is 284 g/mol. The van der Waals surface area contributed by atoms with Gasteiger partial charge in [-0.1, -0.05) is 58.3 Å². The van der Waals surface area contributed by atoms with Crippen molar-refractivity contribution in [2.24, 2.45) is 5.41 Å². The Morgan fingerprint density at radius 3 is 2.62 bits per heavy atom. The molecule has 1 rings (SSSR count). The van der Waals surface area contributed by atoms with E-state index in [2.05, 4.69) is 48.5 Å². The molecule has 0 aromatic carbocycles. The maximum atomic E-state index is 12.1. The molecule has 1 aromatic rings. The van der Waals surface area contributed by atoms with E-state index in [1.165, 1.54) is 30.6 Å². The Morgan fingerprint density at radius 2 is 1.95 bits per heavy atom. The number of anilines is 1. The number of rotatable bonds is 10. The lowest BCUT2D eigenvalue weighted by Crippen LogP contribution is -2.34. The second-order valence-corrected chi connectivity index (χ2v) is 7.12. The summed E-state index contributed by atoms with van der Waals surface area (Å²) in [6.45, 7) is 10.2. The first-order valence-corrected chi connectivity index (χ1v) is 8.65. The number of nitrogens with zero attached hydrogens (tertiary/aromatic N) is 2. The van der Waals surface area contributed by atoms with E-state index in [9.17, 15) is 4.79 Å². The van der Waals surface area contributed by atoms with Crippen LogP contribution in [0.3, 0.4) is 0 Å². The van der Waals surface area contributed by atoms with E-state index in [1.807, 2.05) is 0 Å². The molecule has 21 heavy (non-hydrogen) atoms. The first kappa shape index (κ1) is 17.9. The molecule has 2 N–H and O–H groups in total. The number of nitrogens with one attached hydrogen (secondary N) is 2. The van der Waals surface area contributed by atoms with Gasteiger partial charge in [0.25, 0.3) is 5.91 Å². The molecule has 1 amide bonds. The van der Waals surface area contributed by atoms with Crippen LogP contribution < -0.4 is 10.6 Å². The Kier molecular flexibility index (Phi) is 7.64. The summed E-state index contributed by atoms with van der Waals surface area (Å²) in [5.74, 6) is -0.124. The van der Waals surface area contributed by atoms with Gasteiger partial charge in [0, 0.05) is 13.1 Å². The molecule has 0 saturated heterocycles. The third kappa shape index (κ3) is 6.89. The van der Waals surface area contributed by atoms with Crippen LogP contribution in [-0.2, 0) is 0 Å². The summed E-state index contributed by atoms with van der Waals surface area (Å²) in [4.78, 5) is 12.1. The minimum Gasteiger partial charge on any atom is -0.360 e. The average molecular weight is 312 g/mol. The number of aromatic nitrogens is 2. The highest BCUT2D eigenvalue weighted by Gasteiger charge is 2.20. The molecule has 0 bridgehead atoms. The van der Waals surface area contributed by atoms with Gasteiger partial charge < -0.3 is 10.6 Å². The predicted octanol–water partition coefficient (Wildman–Crippen LogP) is 3.70. The second kappa shape index (κ2) is 8.97. The van der Waals surface area contributed by atoms with Crippen molar-refractivity contribution in [3.63, 3.8) is 0 Å². The Morgan fingerprint density at radius 1 is 1.19 bits per heavy atom. The van der Waals surface area contributed by atoms with Crippen molar-refractivity contribution in [2.75, 3.05) is 18.4 Å². The summed E-state index contributed by atoms with van der Waals surface area (Å²) < 4.78 is 0. The molecule has 120 valence electrons. The molecule has 0 fully saturated rings. The lowest BCUT2D eigenvalue weighted by molar-refractivity contribution is 0.0933. The maximum Gasteiger partial charge on any atom is 0.282 e. The smallest absolute Gasteiger partial charge is 0.282 e. The standard InChI is InChI=1S/C15H28N4OS/c1-5-7-8-9-15(3,4)11-17-12(20)13-18-19-14(21-13)16-10-6-2/h5-11H2,1-4H3,(H,16,19)(H,17,20). The molecular formula is C15H28N4OS. The summed E-state index contributed by atoms with van der Waals surface area (Å²) in [5.41, 5.74) is 0.124. The first-order chi connectivity index (χ1) is 9.98. The second-order valence-electron chi connectivity index (χ2n) is 6.14. The lowest BCUT2D eigenvalue weighted by Gasteiger charge is -2.24. The van der Waals surface area contributed by atoms with Gasteiger partial charge in [-0.15, -0.1) is 10.2 Å². The van der Waals surface area contributed by atoms with Crippen molar-refractivity contribution in [1.29, 1.82) is 0 Å². The molecule has 1 aromatic heterocycles. The van der Waals surface area contributed by atoms with Gasteiger partial charge >= 0.3 is 0 Å². The molecule has 0 aliphatic heterocycles. The quantitative estimate of drug-likeness (QED) is 0.647. The molecule has 1 heterocycles. The summed E-state index contributed by atoms with van der Waals surface area (Å²) in [7, 11) is 0. The zero-order valence-electron chi connectivity index (χ0n) is 13.7.